The number of fused-ring (bicyclic) bond motifs is 2. The fourth-order valence-electron chi connectivity index (χ4n) is 3.24. The number of hydrogen-bond acceptors (Lipinski definition) is 1. The second-order valence-corrected chi connectivity index (χ2v) is 6.66. The number of halogens is 2. The number of nitrogens with two attached hydrogens (primary N) is 1. The predicted molar refractivity (Wildman–Crippen MR) is 123 cm³/mol. The van der Waals surface area contributed by atoms with Gasteiger partial charge in [0, 0.05) is 16.5 Å². The Labute approximate surface area is 171 Å². The van der Waals surface area contributed by atoms with E-state index in [-0.39, 0.29) is 10.8 Å². The Morgan fingerprint density at radius 1 is 0.821 bits per heavy atom. The van der Waals surface area contributed by atoms with Gasteiger partial charge in [0.1, 0.15) is 5.82 Å². The van der Waals surface area contributed by atoms with Crippen LogP contribution in [0.5, 0.6) is 0 Å². The molecule has 4 aromatic carbocycles. The zero-order valence-corrected chi connectivity index (χ0v) is 17.6. The van der Waals surface area contributed by atoms with Crippen molar-refractivity contribution in [3.8, 4) is 0 Å². The van der Waals surface area contributed by atoms with Crippen LogP contribution in [0.4, 0.5) is 10.1 Å². The quantitative estimate of drug-likeness (QED) is 0.325. The Morgan fingerprint density at radius 3 is 2.00 bits per heavy atom. The summed E-state index contributed by atoms with van der Waals surface area (Å²) < 4.78 is 13.7. The van der Waals surface area contributed by atoms with Gasteiger partial charge in [0.25, 0.3) is 0 Å². The van der Waals surface area contributed by atoms with Gasteiger partial charge in [-0.3, -0.25) is 0 Å². The van der Waals surface area contributed by atoms with E-state index < -0.39 is 0 Å². The van der Waals surface area contributed by atoms with Gasteiger partial charge in [-0.05, 0) is 47.4 Å². The van der Waals surface area contributed by atoms with Crippen molar-refractivity contribution in [2.45, 2.75) is 34.1 Å². The van der Waals surface area contributed by atoms with Crippen LogP contribution in [-0.4, -0.2) is 0 Å². The van der Waals surface area contributed by atoms with Crippen LogP contribution < -0.4 is 5.73 Å². The molecule has 146 valence electrons. The van der Waals surface area contributed by atoms with Crippen molar-refractivity contribution in [1.29, 1.82) is 0 Å². The summed E-state index contributed by atoms with van der Waals surface area (Å²) in [5, 5.41) is 4.15. The van der Waals surface area contributed by atoms with Crippen molar-refractivity contribution in [2.75, 3.05) is 5.73 Å². The van der Waals surface area contributed by atoms with Crippen molar-refractivity contribution in [3.63, 3.8) is 0 Å². The number of anilines is 1. The minimum Gasteiger partial charge on any atom is -0.398 e. The SMILES string of the molecule is CC.CCc1cccc2ccc(Cl)c(F)c12.Cc1cccc2cccc(N)c12. The number of rotatable bonds is 1. The molecule has 0 atom stereocenters. The number of hydrogen-bond donors (Lipinski definition) is 1. The molecule has 0 amide bonds. The summed E-state index contributed by atoms with van der Waals surface area (Å²) in [5.41, 5.74) is 8.97. The van der Waals surface area contributed by atoms with Crippen LogP contribution in [0.2, 0.25) is 5.02 Å². The minimum atomic E-state index is -0.304. The normalized spacial score (nSPS) is 10.1. The summed E-state index contributed by atoms with van der Waals surface area (Å²) >= 11 is 5.74. The van der Waals surface area contributed by atoms with E-state index in [1.54, 1.807) is 6.07 Å². The fraction of sp³-hybridized carbons (Fsp3) is 0.200. The van der Waals surface area contributed by atoms with E-state index in [1.807, 2.05) is 57.2 Å². The van der Waals surface area contributed by atoms with Crippen LogP contribution in [0.25, 0.3) is 21.5 Å². The molecule has 3 heteroatoms. The molecule has 0 saturated carbocycles. The molecule has 28 heavy (non-hydrogen) atoms. The molecule has 2 N–H and O–H groups in total. The van der Waals surface area contributed by atoms with E-state index in [0.29, 0.717) is 5.39 Å². The molecule has 0 aliphatic carbocycles. The third-order valence-electron chi connectivity index (χ3n) is 4.55. The molecule has 1 nitrogen and oxygen atoms in total. The standard InChI is InChI=1S/C12H10ClF.C11H11N.C2H6/c1-2-8-4-3-5-9-6-7-10(13)12(14)11(8)9;1-8-4-2-5-9-6-3-7-10(12)11(8)9;1-2/h3-7H,2H2,1H3;2-7H,12H2,1H3;1-2H3. The molecule has 0 fully saturated rings. The van der Waals surface area contributed by atoms with E-state index in [2.05, 4.69) is 31.2 Å². The first kappa shape index (κ1) is 21.7. The van der Waals surface area contributed by atoms with E-state index >= 15 is 0 Å². The molecule has 0 heterocycles. The zero-order chi connectivity index (χ0) is 20.7. The van der Waals surface area contributed by atoms with Crippen LogP contribution >= 0.6 is 11.6 Å². The van der Waals surface area contributed by atoms with Gasteiger partial charge in [-0.25, -0.2) is 4.39 Å². The van der Waals surface area contributed by atoms with Crippen LogP contribution in [0.1, 0.15) is 31.9 Å². The minimum absolute atomic E-state index is 0.193. The van der Waals surface area contributed by atoms with Gasteiger partial charge < -0.3 is 5.73 Å². The van der Waals surface area contributed by atoms with Crippen molar-refractivity contribution in [2.24, 2.45) is 0 Å². The van der Waals surface area contributed by atoms with Gasteiger partial charge in [0.15, 0.2) is 0 Å². The lowest BCUT2D eigenvalue weighted by molar-refractivity contribution is 0.639. The number of benzene rings is 4. The molecule has 0 unspecified atom stereocenters. The second-order valence-electron chi connectivity index (χ2n) is 6.25. The van der Waals surface area contributed by atoms with Gasteiger partial charge in [-0.15, -0.1) is 0 Å². The average molecular weight is 396 g/mol. The largest absolute Gasteiger partial charge is 0.398 e. The zero-order valence-electron chi connectivity index (χ0n) is 16.9. The Bertz CT molecular complexity index is 1040. The van der Waals surface area contributed by atoms with Crippen molar-refractivity contribution in [1.82, 2.24) is 0 Å². The molecular weight excluding hydrogens is 369 g/mol. The summed E-state index contributed by atoms with van der Waals surface area (Å²) in [5.74, 6) is -0.304. The van der Waals surface area contributed by atoms with E-state index in [0.717, 1.165) is 23.1 Å². The van der Waals surface area contributed by atoms with Gasteiger partial charge >= 0.3 is 0 Å². The van der Waals surface area contributed by atoms with Crippen molar-refractivity contribution in [3.05, 3.63) is 88.7 Å². The average Bonchev–Trinajstić information content (AvgIpc) is 2.72. The molecule has 4 aromatic rings. The monoisotopic (exact) mass is 395 g/mol. The summed E-state index contributed by atoms with van der Waals surface area (Å²) in [6.45, 7) is 8.09. The molecule has 0 saturated heterocycles. The Morgan fingerprint density at radius 2 is 1.39 bits per heavy atom. The summed E-state index contributed by atoms with van der Waals surface area (Å²) in [4.78, 5) is 0. The molecule has 4 rings (SSSR count). The highest BCUT2D eigenvalue weighted by Gasteiger charge is 2.08. The number of aryl methyl sites for hydroxylation is 2. The lowest BCUT2D eigenvalue weighted by Gasteiger charge is -2.06. The molecule has 0 aliphatic rings. The lowest BCUT2D eigenvalue weighted by atomic mass is 10.0. The lowest BCUT2D eigenvalue weighted by Crippen LogP contribution is -1.88. The third-order valence-corrected chi connectivity index (χ3v) is 4.84. The number of nitrogen functional groups attached to an aromatic ring is 1. The van der Waals surface area contributed by atoms with E-state index in [4.69, 9.17) is 17.3 Å². The van der Waals surface area contributed by atoms with Crippen LogP contribution in [-0.2, 0) is 6.42 Å². The van der Waals surface area contributed by atoms with Gasteiger partial charge in [0.05, 0.1) is 5.02 Å². The first-order chi connectivity index (χ1) is 13.5. The maximum absolute atomic E-state index is 13.7. The molecule has 0 aliphatic heterocycles. The van der Waals surface area contributed by atoms with Crippen LogP contribution in [0.15, 0.2) is 66.7 Å². The highest BCUT2D eigenvalue weighted by Crippen LogP contribution is 2.27. The highest BCUT2D eigenvalue weighted by atomic mass is 35.5. The maximum Gasteiger partial charge on any atom is 0.149 e. The summed E-state index contributed by atoms with van der Waals surface area (Å²) in [6, 6.07) is 21.4. The summed E-state index contributed by atoms with van der Waals surface area (Å²) in [7, 11) is 0. The van der Waals surface area contributed by atoms with Crippen molar-refractivity contribution >= 4 is 38.8 Å². The Kier molecular flexibility index (Phi) is 7.83. The fourth-order valence-corrected chi connectivity index (χ4v) is 3.40. The van der Waals surface area contributed by atoms with E-state index in [9.17, 15) is 4.39 Å². The van der Waals surface area contributed by atoms with Crippen LogP contribution in [0, 0.1) is 12.7 Å². The second kappa shape index (κ2) is 10.1. The molecular formula is C25H27ClFN. The summed E-state index contributed by atoms with van der Waals surface area (Å²) in [6.07, 6.45) is 0.814. The molecule has 0 radical (unpaired) electrons. The first-order valence-corrected chi connectivity index (χ1v) is 10.00. The predicted octanol–water partition coefficient (Wildman–Crippen LogP) is 7.95. The topological polar surface area (TPSA) is 26.0 Å². The molecule has 0 spiro atoms. The van der Waals surface area contributed by atoms with Crippen LogP contribution in [0.3, 0.4) is 0 Å². The maximum atomic E-state index is 13.7. The Hall–Kier alpha value is -2.58. The van der Waals surface area contributed by atoms with E-state index in [1.165, 1.54) is 16.3 Å². The molecule has 0 aromatic heterocycles. The molecule has 0 bridgehead atoms. The first-order valence-electron chi connectivity index (χ1n) is 9.62. The van der Waals surface area contributed by atoms with Gasteiger partial charge in [-0.2, -0.15) is 0 Å². The Balaban J connectivity index is 0.000000186. The van der Waals surface area contributed by atoms with Crippen molar-refractivity contribution < 1.29 is 4.39 Å². The smallest absolute Gasteiger partial charge is 0.149 e. The van der Waals surface area contributed by atoms with Gasteiger partial charge in [0.2, 0.25) is 0 Å². The highest BCUT2D eigenvalue weighted by molar-refractivity contribution is 6.31. The third kappa shape index (κ3) is 4.63. The van der Waals surface area contributed by atoms with Gasteiger partial charge in [-0.1, -0.05) is 87.0 Å².